The quantitative estimate of drug-likeness (QED) is 0.403. The topological polar surface area (TPSA) is 63.8 Å². The smallest absolute Gasteiger partial charge is 0.278 e. The summed E-state index contributed by atoms with van der Waals surface area (Å²) < 4.78 is 49.6. The number of rotatable bonds is 5. The SMILES string of the molecule is Cc1ccc(Cc2nc3c(Cc4ccccc4F)[nH]c(-c4cccc(F)c4F)cn-3c2=O)o1. The largest absolute Gasteiger partial charge is 0.466 e. The molecule has 0 bridgehead atoms. The highest BCUT2D eigenvalue weighted by Crippen LogP contribution is 2.27. The Kier molecular flexibility index (Phi) is 5.12. The van der Waals surface area contributed by atoms with Crippen molar-refractivity contribution in [1.29, 1.82) is 0 Å². The number of aromatic nitrogens is 3. The fraction of sp³-hybridized carbons (Fsp3) is 0.120. The summed E-state index contributed by atoms with van der Waals surface area (Å²) in [5.74, 6) is -0.932. The van der Waals surface area contributed by atoms with Crippen LogP contribution in [0.5, 0.6) is 0 Å². The van der Waals surface area contributed by atoms with E-state index in [0.717, 1.165) is 6.07 Å². The number of imidazole rings is 1. The number of benzene rings is 2. The molecular weight excluding hydrogens is 431 g/mol. The van der Waals surface area contributed by atoms with Crippen molar-refractivity contribution in [2.45, 2.75) is 19.8 Å². The van der Waals surface area contributed by atoms with Crippen LogP contribution < -0.4 is 5.56 Å². The summed E-state index contributed by atoms with van der Waals surface area (Å²) in [7, 11) is 0. The number of fused-ring (bicyclic) bond motifs is 1. The number of aromatic amines is 1. The first-order valence-electron chi connectivity index (χ1n) is 10.3. The summed E-state index contributed by atoms with van der Waals surface area (Å²) in [6.45, 7) is 1.80. The molecule has 3 heterocycles. The molecule has 166 valence electrons. The lowest BCUT2D eigenvalue weighted by molar-refractivity contribution is 0.491. The first kappa shape index (κ1) is 20.8. The lowest BCUT2D eigenvalue weighted by Crippen LogP contribution is -2.18. The van der Waals surface area contributed by atoms with Gasteiger partial charge in [0, 0.05) is 18.2 Å². The summed E-state index contributed by atoms with van der Waals surface area (Å²) in [6, 6.07) is 13.6. The van der Waals surface area contributed by atoms with E-state index < -0.39 is 23.0 Å². The van der Waals surface area contributed by atoms with E-state index in [-0.39, 0.29) is 35.6 Å². The van der Waals surface area contributed by atoms with Gasteiger partial charge in [-0.25, -0.2) is 18.2 Å². The van der Waals surface area contributed by atoms with Crippen molar-refractivity contribution >= 4 is 0 Å². The van der Waals surface area contributed by atoms with Gasteiger partial charge in [-0.2, -0.15) is 0 Å². The van der Waals surface area contributed by atoms with Gasteiger partial charge in [0.05, 0.1) is 17.8 Å². The molecule has 0 unspecified atom stereocenters. The van der Waals surface area contributed by atoms with E-state index in [4.69, 9.17) is 4.42 Å². The highest BCUT2D eigenvalue weighted by atomic mass is 19.2. The van der Waals surface area contributed by atoms with E-state index in [2.05, 4.69) is 9.97 Å². The Morgan fingerprint density at radius 3 is 2.52 bits per heavy atom. The standard InChI is InChI=1S/C25H18F3N3O2/c1-14-9-10-16(33-14)12-21-25(32)31-13-22(17-6-4-8-19(27)23(17)28)29-20(24(31)30-21)11-15-5-2-3-7-18(15)26/h2-10,13,29H,11-12H2,1H3. The Labute approximate surface area is 186 Å². The third kappa shape index (κ3) is 3.84. The fourth-order valence-corrected chi connectivity index (χ4v) is 3.84. The van der Waals surface area contributed by atoms with Crippen molar-refractivity contribution in [3.05, 3.63) is 117 Å². The predicted octanol–water partition coefficient (Wildman–Crippen LogP) is 5.17. The number of aryl methyl sites for hydroxylation is 1. The summed E-state index contributed by atoms with van der Waals surface area (Å²) in [5, 5.41) is 0. The molecule has 3 aromatic rings. The van der Waals surface area contributed by atoms with Crippen molar-refractivity contribution in [2.24, 2.45) is 0 Å². The molecule has 1 N–H and O–H groups in total. The van der Waals surface area contributed by atoms with E-state index in [1.807, 2.05) is 0 Å². The number of hydrogen-bond acceptors (Lipinski definition) is 3. The average molecular weight is 449 g/mol. The van der Waals surface area contributed by atoms with Gasteiger partial charge in [0.1, 0.15) is 23.0 Å². The zero-order valence-corrected chi connectivity index (χ0v) is 17.5. The van der Waals surface area contributed by atoms with Crippen LogP contribution in [-0.4, -0.2) is 14.5 Å². The van der Waals surface area contributed by atoms with Crippen molar-refractivity contribution in [3.63, 3.8) is 0 Å². The second kappa shape index (κ2) is 8.12. The molecule has 0 saturated carbocycles. The van der Waals surface area contributed by atoms with Gasteiger partial charge in [0.15, 0.2) is 17.5 Å². The number of H-pyrrole nitrogens is 1. The Morgan fingerprint density at radius 2 is 1.76 bits per heavy atom. The van der Waals surface area contributed by atoms with Crippen LogP contribution in [0.15, 0.2) is 70.0 Å². The van der Waals surface area contributed by atoms with E-state index in [1.54, 1.807) is 37.3 Å². The van der Waals surface area contributed by atoms with Crippen LogP contribution in [0.3, 0.4) is 0 Å². The van der Waals surface area contributed by atoms with Crippen LogP contribution in [0, 0.1) is 24.4 Å². The Hall–Kier alpha value is -4.07. The normalized spacial score (nSPS) is 11.4. The van der Waals surface area contributed by atoms with Gasteiger partial charge in [0.2, 0.25) is 0 Å². The van der Waals surface area contributed by atoms with Gasteiger partial charge < -0.3 is 9.40 Å². The molecule has 5 rings (SSSR count). The van der Waals surface area contributed by atoms with Gasteiger partial charge >= 0.3 is 0 Å². The molecule has 2 aliphatic rings. The van der Waals surface area contributed by atoms with Crippen LogP contribution in [0.25, 0.3) is 17.1 Å². The lowest BCUT2D eigenvalue weighted by atomic mass is 10.1. The second-order valence-corrected chi connectivity index (χ2v) is 7.76. The second-order valence-electron chi connectivity index (χ2n) is 7.76. The number of nitrogens with zero attached hydrogens (tertiary/aromatic N) is 2. The van der Waals surface area contributed by atoms with Crippen molar-refractivity contribution < 1.29 is 17.6 Å². The first-order valence-corrected chi connectivity index (χ1v) is 10.3. The maximum absolute atomic E-state index is 14.5. The first-order chi connectivity index (χ1) is 15.9. The molecule has 0 amide bonds. The van der Waals surface area contributed by atoms with Crippen LogP contribution in [0.2, 0.25) is 0 Å². The molecule has 2 aliphatic heterocycles. The highest BCUT2D eigenvalue weighted by molar-refractivity contribution is 5.61. The molecule has 0 atom stereocenters. The molecule has 33 heavy (non-hydrogen) atoms. The third-order valence-electron chi connectivity index (χ3n) is 5.45. The number of nitrogens with one attached hydrogen (secondary N) is 1. The van der Waals surface area contributed by atoms with Crippen molar-refractivity contribution in [2.75, 3.05) is 0 Å². The van der Waals surface area contributed by atoms with E-state index in [1.165, 1.54) is 29.0 Å². The molecule has 0 spiro atoms. The van der Waals surface area contributed by atoms with Gasteiger partial charge in [-0.15, -0.1) is 0 Å². The fourth-order valence-electron chi connectivity index (χ4n) is 3.84. The minimum absolute atomic E-state index is 0.0528. The monoisotopic (exact) mass is 449 g/mol. The third-order valence-corrected chi connectivity index (χ3v) is 5.45. The predicted molar refractivity (Wildman–Crippen MR) is 116 cm³/mol. The van der Waals surface area contributed by atoms with E-state index in [0.29, 0.717) is 22.8 Å². The Morgan fingerprint density at radius 1 is 0.970 bits per heavy atom. The number of furan rings is 1. The van der Waals surface area contributed by atoms with Crippen LogP contribution in [0.4, 0.5) is 13.2 Å². The summed E-state index contributed by atoms with van der Waals surface area (Å²) >= 11 is 0. The molecule has 0 radical (unpaired) electrons. The molecule has 8 heteroatoms. The Bertz CT molecular complexity index is 1500. The van der Waals surface area contributed by atoms with E-state index >= 15 is 0 Å². The van der Waals surface area contributed by atoms with Gasteiger partial charge in [0.25, 0.3) is 5.56 Å². The highest BCUT2D eigenvalue weighted by Gasteiger charge is 2.23. The molecule has 2 aromatic carbocycles. The van der Waals surface area contributed by atoms with Crippen LogP contribution in [0.1, 0.15) is 28.5 Å². The minimum atomic E-state index is -1.05. The summed E-state index contributed by atoms with van der Waals surface area (Å²) in [5.41, 5.74) is 0.681. The number of halogens is 3. The van der Waals surface area contributed by atoms with Gasteiger partial charge in [-0.05, 0) is 42.8 Å². The lowest BCUT2D eigenvalue weighted by Gasteiger charge is -2.14. The van der Waals surface area contributed by atoms with Crippen LogP contribution in [-0.2, 0) is 12.8 Å². The molecule has 0 saturated heterocycles. The summed E-state index contributed by atoms with van der Waals surface area (Å²) in [6.07, 6.45) is 1.61. The zero-order chi connectivity index (χ0) is 23.1. The van der Waals surface area contributed by atoms with Crippen molar-refractivity contribution in [1.82, 2.24) is 14.5 Å². The molecular formula is C25H18F3N3O2. The maximum atomic E-state index is 14.5. The molecule has 1 aromatic heterocycles. The van der Waals surface area contributed by atoms with Crippen LogP contribution >= 0.6 is 0 Å². The van der Waals surface area contributed by atoms with Crippen molar-refractivity contribution in [3.8, 4) is 17.1 Å². The minimum Gasteiger partial charge on any atom is -0.466 e. The summed E-state index contributed by atoms with van der Waals surface area (Å²) in [4.78, 5) is 20.7. The molecule has 5 nitrogen and oxygen atoms in total. The zero-order valence-electron chi connectivity index (χ0n) is 17.5. The van der Waals surface area contributed by atoms with E-state index in [9.17, 15) is 18.0 Å². The number of hydrogen-bond donors (Lipinski definition) is 1. The average Bonchev–Trinajstić information content (AvgIpc) is 3.35. The molecule has 0 aliphatic carbocycles. The van der Waals surface area contributed by atoms with Gasteiger partial charge in [-0.3, -0.25) is 9.36 Å². The van der Waals surface area contributed by atoms with Gasteiger partial charge in [-0.1, -0.05) is 24.3 Å². The maximum Gasteiger partial charge on any atom is 0.278 e. The molecule has 0 fully saturated rings. The Balaban J connectivity index is 1.69.